The quantitative estimate of drug-likeness (QED) is 0.563. The molecule has 0 unspecified atom stereocenters. The van der Waals surface area contributed by atoms with Gasteiger partial charge in [-0.15, -0.1) is 0 Å². The van der Waals surface area contributed by atoms with Crippen molar-refractivity contribution in [3.8, 4) is 5.75 Å². The summed E-state index contributed by atoms with van der Waals surface area (Å²) in [7, 11) is 0. The molecule has 0 amide bonds. The Hall–Kier alpha value is -1.78. The number of halogens is 1. The summed E-state index contributed by atoms with van der Waals surface area (Å²) in [6.07, 6.45) is 2.00. The molecular formula is C18H21ClN2OS. The van der Waals surface area contributed by atoms with Crippen LogP contribution in [-0.2, 0) is 6.42 Å². The second-order valence-electron chi connectivity index (χ2n) is 5.07. The number of aryl methyl sites for hydroxylation is 1. The Morgan fingerprint density at radius 3 is 2.65 bits per heavy atom. The summed E-state index contributed by atoms with van der Waals surface area (Å²) >= 11 is 11.2. The number of nitrogens with one attached hydrogen (secondary N) is 2. The van der Waals surface area contributed by atoms with Gasteiger partial charge in [0.15, 0.2) is 5.11 Å². The highest BCUT2D eigenvalue weighted by molar-refractivity contribution is 7.80. The zero-order valence-electron chi connectivity index (χ0n) is 13.1. The molecule has 5 heteroatoms. The van der Waals surface area contributed by atoms with Crippen molar-refractivity contribution in [3.05, 3.63) is 59.1 Å². The van der Waals surface area contributed by atoms with E-state index >= 15 is 0 Å². The van der Waals surface area contributed by atoms with E-state index in [0.29, 0.717) is 16.7 Å². The number of hydrogen-bond acceptors (Lipinski definition) is 2. The van der Waals surface area contributed by atoms with Crippen LogP contribution in [0, 0.1) is 0 Å². The van der Waals surface area contributed by atoms with Crippen LogP contribution in [-0.4, -0.2) is 18.3 Å². The van der Waals surface area contributed by atoms with Gasteiger partial charge in [-0.3, -0.25) is 0 Å². The molecule has 2 aromatic carbocycles. The molecule has 2 N–H and O–H groups in total. The van der Waals surface area contributed by atoms with Crippen LogP contribution in [0.5, 0.6) is 5.75 Å². The second kappa shape index (κ2) is 9.38. The Labute approximate surface area is 148 Å². The molecule has 0 aromatic heterocycles. The summed E-state index contributed by atoms with van der Waals surface area (Å²) in [6, 6.07) is 15.7. The normalized spacial score (nSPS) is 10.2. The highest BCUT2D eigenvalue weighted by atomic mass is 35.5. The molecule has 0 aliphatic carbocycles. The summed E-state index contributed by atoms with van der Waals surface area (Å²) < 4.78 is 5.44. The predicted molar refractivity (Wildman–Crippen MR) is 102 cm³/mol. The van der Waals surface area contributed by atoms with E-state index in [2.05, 4.69) is 22.8 Å². The van der Waals surface area contributed by atoms with Crippen molar-refractivity contribution in [3.63, 3.8) is 0 Å². The topological polar surface area (TPSA) is 33.3 Å². The largest absolute Gasteiger partial charge is 0.494 e. The van der Waals surface area contributed by atoms with Crippen LogP contribution < -0.4 is 15.4 Å². The molecule has 0 radical (unpaired) electrons. The van der Waals surface area contributed by atoms with Crippen molar-refractivity contribution < 1.29 is 4.74 Å². The molecule has 2 rings (SSSR count). The summed E-state index contributed by atoms with van der Waals surface area (Å²) in [4.78, 5) is 0. The average Bonchev–Trinajstić information content (AvgIpc) is 2.53. The number of hydrogen-bond donors (Lipinski definition) is 2. The van der Waals surface area contributed by atoms with E-state index in [1.165, 1.54) is 5.56 Å². The zero-order chi connectivity index (χ0) is 16.5. The summed E-state index contributed by atoms with van der Waals surface area (Å²) in [5.74, 6) is 0.918. The minimum atomic E-state index is 0.610. The first-order valence-electron chi connectivity index (χ1n) is 7.69. The zero-order valence-corrected chi connectivity index (χ0v) is 14.7. The van der Waals surface area contributed by atoms with Crippen molar-refractivity contribution in [2.24, 2.45) is 0 Å². The van der Waals surface area contributed by atoms with Crippen LogP contribution >= 0.6 is 23.8 Å². The molecule has 2 aromatic rings. The number of anilines is 1. The van der Waals surface area contributed by atoms with Gasteiger partial charge in [0.1, 0.15) is 5.75 Å². The van der Waals surface area contributed by atoms with Crippen molar-refractivity contribution in [2.45, 2.75) is 19.8 Å². The van der Waals surface area contributed by atoms with Crippen LogP contribution in [0.2, 0.25) is 5.02 Å². The highest BCUT2D eigenvalue weighted by Gasteiger charge is 1.99. The number of thiocarbonyl (C=S) groups is 1. The van der Waals surface area contributed by atoms with E-state index in [9.17, 15) is 0 Å². The first-order valence-corrected chi connectivity index (χ1v) is 8.48. The Bertz CT molecular complexity index is 631. The van der Waals surface area contributed by atoms with E-state index in [-0.39, 0.29) is 0 Å². The number of benzene rings is 2. The minimum absolute atomic E-state index is 0.610. The fraction of sp³-hybridized carbons (Fsp3) is 0.278. The average molecular weight is 349 g/mol. The monoisotopic (exact) mass is 348 g/mol. The van der Waals surface area contributed by atoms with E-state index in [0.717, 1.165) is 30.8 Å². The Morgan fingerprint density at radius 1 is 1.17 bits per heavy atom. The molecule has 0 saturated heterocycles. The maximum atomic E-state index is 5.94. The predicted octanol–water partition coefficient (Wildman–Crippen LogP) is 4.66. The fourth-order valence-corrected chi connectivity index (χ4v) is 2.57. The number of ether oxygens (including phenoxy) is 1. The smallest absolute Gasteiger partial charge is 0.170 e. The molecule has 0 bridgehead atoms. The van der Waals surface area contributed by atoms with Crippen molar-refractivity contribution in [1.82, 2.24) is 5.32 Å². The van der Waals surface area contributed by atoms with Gasteiger partial charge in [-0.2, -0.15) is 0 Å². The minimum Gasteiger partial charge on any atom is -0.494 e. The van der Waals surface area contributed by atoms with Crippen LogP contribution in [0.25, 0.3) is 0 Å². The maximum Gasteiger partial charge on any atom is 0.170 e. The molecule has 0 atom stereocenters. The molecule has 0 spiro atoms. The number of rotatable bonds is 7. The van der Waals surface area contributed by atoms with Gasteiger partial charge in [-0.25, -0.2) is 0 Å². The third kappa shape index (κ3) is 6.47. The lowest BCUT2D eigenvalue weighted by Gasteiger charge is -2.11. The maximum absolute atomic E-state index is 5.94. The standard InChI is InChI=1S/C18H21ClN2OS/c1-2-22-17-10-8-14(9-11-17)5-4-12-20-18(23)21-16-7-3-6-15(19)13-16/h3,6-11,13H,2,4-5,12H2,1H3,(H2,20,21,23). The molecule has 0 fully saturated rings. The molecule has 0 heterocycles. The lowest BCUT2D eigenvalue weighted by Crippen LogP contribution is -2.29. The van der Waals surface area contributed by atoms with Crippen molar-refractivity contribution in [2.75, 3.05) is 18.5 Å². The molecule has 0 aliphatic rings. The van der Waals surface area contributed by atoms with Crippen molar-refractivity contribution in [1.29, 1.82) is 0 Å². The van der Waals surface area contributed by atoms with Gasteiger partial charge in [0, 0.05) is 17.3 Å². The lowest BCUT2D eigenvalue weighted by molar-refractivity contribution is 0.340. The van der Waals surface area contributed by atoms with Crippen LogP contribution in [0.1, 0.15) is 18.9 Å². The molecule has 23 heavy (non-hydrogen) atoms. The van der Waals surface area contributed by atoms with E-state index < -0.39 is 0 Å². The molecular weight excluding hydrogens is 328 g/mol. The molecule has 0 aliphatic heterocycles. The van der Waals surface area contributed by atoms with Gasteiger partial charge >= 0.3 is 0 Å². The van der Waals surface area contributed by atoms with Crippen LogP contribution in [0.15, 0.2) is 48.5 Å². The van der Waals surface area contributed by atoms with Crippen LogP contribution in [0.3, 0.4) is 0 Å². The third-order valence-electron chi connectivity index (χ3n) is 3.24. The van der Waals surface area contributed by atoms with Gasteiger partial charge in [0.2, 0.25) is 0 Å². The Kier molecular flexibility index (Phi) is 7.17. The molecule has 122 valence electrons. The van der Waals surface area contributed by atoms with E-state index in [4.69, 9.17) is 28.6 Å². The summed E-state index contributed by atoms with van der Waals surface area (Å²) in [6.45, 7) is 3.50. The first kappa shape index (κ1) is 17.6. The third-order valence-corrected chi connectivity index (χ3v) is 3.73. The van der Waals surface area contributed by atoms with Crippen LogP contribution in [0.4, 0.5) is 5.69 Å². The Balaban J connectivity index is 1.67. The summed E-state index contributed by atoms with van der Waals surface area (Å²) in [5, 5.41) is 7.63. The lowest BCUT2D eigenvalue weighted by atomic mass is 10.1. The Morgan fingerprint density at radius 2 is 1.96 bits per heavy atom. The van der Waals surface area contributed by atoms with Gasteiger partial charge in [0.25, 0.3) is 0 Å². The molecule has 0 saturated carbocycles. The highest BCUT2D eigenvalue weighted by Crippen LogP contribution is 2.15. The second-order valence-corrected chi connectivity index (χ2v) is 5.92. The van der Waals surface area contributed by atoms with Gasteiger partial charge < -0.3 is 15.4 Å². The van der Waals surface area contributed by atoms with E-state index in [1.54, 1.807) is 0 Å². The van der Waals surface area contributed by atoms with Crippen molar-refractivity contribution >= 4 is 34.6 Å². The summed E-state index contributed by atoms with van der Waals surface area (Å²) in [5.41, 5.74) is 2.19. The first-order chi connectivity index (χ1) is 11.2. The fourth-order valence-electron chi connectivity index (χ4n) is 2.15. The van der Waals surface area contributed by atoms with E-state index in [1.807, 2.05) is 43.3 Å². The SMILES string of the molecule is CCOc1ccc(CCCNC(=S)Nc2cccc(Cl)c2)cc1. The molecule has 3 nitrogen and oxygen atoms in total. The van der Waals surface area contributed by atoms with Gasteiger partial charge in [-0.1, -0.05) is 29.8 Å². The van der Waals surface area contributed by atoms with Gasteiger partial charge in [-0.05, 0) is 67.9 Å². The van der Waals surface area contributed by atoms with Gasteiger partial charge in [0.05, 0.1) is 6.61 Å².